The maximum atomic E-state index is 12.6. The first-order chi connectivity index (χ1) is 11.3. The van der Waals surface area contributed by atoms with E-state index in [1.807, 2.05) is 30.3 Å². The van der Waals surface area contributed by atoms with Crippen molar-refractivity contribution < 1.29 is 18.0 Å². The number of halogens is 4. The van der Waals surface area contributed by atoms with E-state index in [4.69, 9.17) is 5.73 Å². The average molecular weight is 373 g/mol. The Morgan fingerprint density at radius 2 is 1.60 bits per heavy atom. The Balaban J connectivity index is 0.00000312. The lowest BCUT2D eigenvalue weighted by Gasteiger charge is -2.20. The van der Waals surface area contributed by atoms with Crippen molar-refractivity contribution in [1.82, 2.24) is 5.32 Å². The molecule has 2 rings (SSSR count). The number of hydrogen-bond acceptors (Lipinski definition) is 2. The highest BCUT2D eigenvalue weighted by molar-refractivity contribution is 5.85. The minimum atomic E-state index is -4.37. The molecule has 0 aliphatic heterocycles. The largest absolute Gasteiger partial charge is 0.416 e. The molecule has 7 heteroatoms. The molecule has 0 aliphatic rings. The predicted octanol–water partition coefficient (Wildman–Crippen LogP) is 4.05. The van der Waals surface area contributed by atoms with Gasteiger partial charge in [0.15, 0.2) is 0 Å². The van der Waals surface area contributed by atoms with Crippen molar-refractivity contribution in [1.29, 1.82) is 0 Å². The average Bonchev–Trinajstić information content (AvgIpc) is 2.56. The first-order valence-electron chi connectivity index (χ1n) is 7.55. The van der Waals surface area contributed by atoms with Crippen LogP contribution in [0.3, 0.4) is 0 Å². The molecular weight excluding hydrogens is 353 g/mol. The van der Waals surface area contributed by atoms with E-state index in [-0.39, 0.29) is 24.9 Å². The minimum Gasteiger partial charge on any atom is -0.349 e. The van der Waals surface area contributed by atoms with Gasteiger partial charge in [-0.3, -0.25) is 4.79 Å². The van der Waals surface area contributed by atoms with Crippen molar-refractivity contribution in [2.75, 3.05) is 6.54 Å². The third-order valence-electron chi connectivity index (χ3n) is 3.85. The molecule has 136 valence electrons. The summed E-state index contributed by atoms with van der Waals surface area (Å²) in [6.45, 7) is 1.87. The molecule has 3 nitrogen and oxygen atoms in total. The monoisotopic (exact) mass is 372 g/mol. The van der Waals surface area contributed by atoms with Gasteiger partial charge in [0.1, 0.15) is 0 Å². The number of nitrogens with two attached hydrogens (primary N) is 1. The number of hydrogen-bond donors (Lipinski definition) is 2. The van der Waals surface area contributed by atoms with Crippen molar-refractivity contribution in [3.63, 3.8) is 0 Å². The number of nitrogens with one attached hydrogen (secondary N) is 1. The normalized spacial score (nSPS) is 13.5. The summed E-state index contributed by atoms with van der Waals surface area (Å²) in [4.78, 5) is 12.4. The summed E-state index contributed by atoms with van der Waals surface area (Å²) in [7, 11) is 0. The molecule has 25 heavy (non-hydrogen) atoms. The van der Waals surface area contributed by atoms with Crippen molar-refractivity contribution in [3.05, 3.63) is 71.3 Å². The van der Waals surface area contributed by atoms with E-state index in [0.29, 0.717) is 5.56 Å². The molecule has 0 heterocycles. The molecule has 0 aromatic heterocycles. The number of benzene rings is 2. The topological polar surface area (TPSA) is 55.1 Å². The van der Waals surface area contributed by atoms with Crippen LogP contribution in [0, 0.1) is 0 Å². The van der Waals surface area contributed by atoms with Crippen LogP contribution in [0.15, 0.2) is 54.6 Å². The van der Waals surface area contributed by atoms with E-state index in [1.54, 1.807) is 6.92 Å². The summed E-state index contributed by atoms with van der Waals surface area (Å²) in [5.41, 5.74) is 6.39. The van der Waals surface area contributed by atoms with Crippen LogP contribution in [0.1, 0.15) is 35.6 Å². The Bertz CT molecular complexity index is 675. The lowest BCUT2D eigenvalue weighted by molar-refractivity contribution is -0.137. The van der Waals surface area contributed by atoms with Gasteiger partial charge in [0.2, 0.25) is 5.91 Å². The summed E-state index contributed by atoms with van der Waals surface area (Å²) in [5, 5.41) is 2.80. The molecule has 2 aromatic rings. The smallest absolute Gasteiger partial charge is 0.349 e. The standard InChI is InChI=1S/C18H19F3N2O.ClH/c1-12(13-7-9-15(10-8-13)18(19,20)21)23-17(24)16(11-22)14-5-3-2-4-6-14;/h2-10,12,16H,11,22H2,1H3,(H,23,24);1H. The van der Waals surface area contributed by atoms with Crippen LogP contribution in [-0.4, -0.2) is 12.5 Å². The van der Waals surface area contributed by atoms with E-state index in [0.717, 1.165) is 17.7 Å². The maximum Gasteiger partial charge on any atom is 0.416 e. The first-order valence-corrected chi connectivity index (χ1v) is 7.55. The van der Waals surface area contributed by atoms with Gasteiger partial charge in [-0.2, -0.15) is 13.2 Å². The zero-order valence-corrected chi connectivity index (χ0v) is 14.4. The van der Waals surface area contributed by atoms with Gasteiger partial charge < -0.3 is 11.1 Å². The summed E-state index contributed by atoms with van der Waals surface area (Å²) >= 11 is 0. The Morgan fingerprint density at radius 1 is 1.04 bits per heavy atom. The number of carbonyl (C=O) groups is 1. The number of alkyl halides is 3. The number of rotatable bonds is 5. The van der Waals surface area contributed by atoms with E-state index < -0.39 is 23.7 Å². The Hall–Kier alpha value is -2.05. The third kappa shape index (κ3) is 5.47. The fourth-order valence-corrected chi connectivity index (χ4v) is 2.44. The molecule has 0 saturated heterocycles. The maximum absolute atomic E-state index is 12.6. The molecule has 0 fully saturated rings. The SMILES string of the molecule is CC(NC(=O)C(CN)c1ccccc1)c1ccc(C(F)(F)F)cc1.Cl. The fourth-order valence-electron chi connectivity index (χ4n) is 2.44. The highest BCUT2D eigenvalue weighted by Gasteiger charge is 2.30. The van der Waals surface area contributed by atoms with Gasteiger partial charge in [-0.05, 0) is 30.2 Å². The highest BCUT2D eigenvalue weighted by Crippen LogP contribution is 2.30. The summed E-state index contributed by atoms with van der Waals surface area (Å²) in [6, 6.07) is 13.5. The summed E-state index contributed by atoms with van der Waals surface area (Å²) in [6.07, 6.45) is -4.37. The van der Waals surface area contributed by atoms with Gasteiger partial charge in [0.05, 0.1) is 17.5 Å². The van der Waals surface area contributed by atoms with Gasteiger partial charge in [0.25, 0.3) is 0 Å². The van der Waals surface area contributed by atoms with Gasteiger partial charge in [-0.15, -0.1) is 12.4 Å². The van der Waals surface area contributed by atoms with E-state index in [9.17, 15) is 18.0 Å². The van der Waals surface area contributed by atoms with Gasteiger partial charge >= 0.3 is 6.18 Å². The molecule has 0 radical (unpaired) electrons. The van der Waals surface area contributed by atoms with Crippen molar-refractivity contribution >= 4 is 18.3 Å². The Labute approximate surface area is 150 Å². The molecule has 2 aromatic carbocycles. The quantitative estimate of drug-likeness (QED) is 0.832. The zero-order chi connectivity index (χ0) is 17.7. The molecule has 0 spiro atoms. The predicted molar refractivity (Wildman–Crippen MR) is 93.5 cm³/mol. The van der Waals surface area contributed by atoms with Gasteiger partial charge in [-0.25, -0.2) is 0 Å². The second kappa shape index (κ2) is 8.87. The van der Waals surface area contributed by atoms with Crippen LogP contribution in [-0.2, 0) is 11.0 Å². The molecule has 0 saturated carbocycles. The lowest BCUT2D eigenvalue weighted by atomic mass is 9.97. The van der Waals surface area contributed by atoms with Gasteiger partial charge in [0, 0.05) is 6.54 Å². The molecule has 0 bridgehead atoms. The Morgan fingerprint density at radius 3 is 2.08 bits per heavy atom. The van der Waals surface area contributed by atoms with Crippen molar-refractivity contribution in [3.8, 4) is 0 Å². The van der Waals surface area contributed by atoms with Gasteiger partial charge in [-0.1, -0.05) is 42.5 Å². The zero-order valence-electron chi connectivity index (χ0n) is 13.6. The second-order valence-corrected chi connectivity index (χ2v) is 5.55. The molecule has 2 atom stereocenters. The minimum absolute atomic E-state index is 0. The molecule has 2 unspecified atom stereocenters. The number of carbonyl (C=O) groups excluding carboxylic acids is 1. The second-order valence-electron chi connectivity index (χ2n) is 5.55. The van der Waals surface area contributed by atoms with Crippen LogP contribution in [0.25, 0.3) is 0 Å². The highest BCUT2D eigenvalue weighted by atomic mass is 35.5. The van der Waals surface area contributed by atoms with Crippen LogP contribution in [0.2, 0.25) is 0 Å². The van der Waals surface area contributed by atoms with Crippen molar-refractivity contribution in [2.45, 2.75) is 25.1 Å². The number of amides is 1. The molecule has 3 N–H and O–H groups in total. The molecular formula is C18H20ClF3N2O. The van der Waals surface area contributed by atoms with E-state index in [2.05, 4.69) is 5.32 Å². The van der Waals surface area contributed by atoms with E-state index in [1.165, 1.54) is 12.1 Å². The summed E-state index contributed by atoms with van der Waals surface area (Å²) in [5.74, 6) is -0.751. The molecule has 0 aliphatic carbocycles. The lowest BCUT2D eigenvalue weighted by Crippen LogP contribution is -2.35. The fraction of sp³-hybridized carbons (Fsp3) is 0.278. The van der Waals surface area contributed by atoms with Crippen LogP contribution >= 0.6 is 12.4 Å². The van der Waals surface area contributed by atoms with Crippen LogP contribution in [0.4, 0.5) is 13.2 Å². The van der Waals surface area contributed by atoms with E-state index >= 15 is 0 Å². The third-order valence-corrected chi connectivity index (χ3v) is 3.85. The first kappa shape index (κ1) is 21.0. The summed E-state index contributed by atoms with van der Waals surface area (Å²) < 4.78 is 37.8. The Kier molecular flexibility index (Phi) is 7.45. The van der Waals surface area contributed by atoms with Crippen molar-refractivity contribution in [2.24, 2.45) is 5.73 Å². The van der Waals surface area contributed by atoms with Crippen LogP contribution < -0.4 is 11.1 Å². The van der Waals surface area contributed by atoms with Crippen LogP contribution in [0.5, 0.6) is 0 Å². The molecule has 1 amide bonds.